The van der Waals surface area contributed by atoms with Gasteiger partial charge in [-0.3, -0.25) is 4.98 Å². The highest BCUT2D eigenvalue weighted by Crippen LogP contribution is 2.35. The summed E-state index contributed by atoms with van der Waals surface area (Å²) >= 11 is 0. The number of rotatable bonds is 3. The minimum atomic E-state index is -4.45. The Bertz CT molecular complexity index is 1100. The smallest absolute Gasteiger partial charge is 0.337 e. The Labute approximate surface area is 157 Å². The van der Waals surface area contributed by atoms with Crippen LogP contribution in [0.1, 0.15) is 5.56 Å². The van der Waals surface area contributed by atoms with Gasteiger partial charge in [0.25, 0.3) is 0 Å². The van der Waals surface area contributed by atoms with Crippen molar-refractivity contribution < 1.29 is 17.6 Å². The fraction of sp³-hybridized carbons (Fsp3) is 0.0476. The standard InChI is InChI=1S/C21H13F4N3/c22-17-6-4-13(5-7-17)18-19(14-8-10-26-11-9-14)28-20(27-18)15-2-1-3-16(12-15)21(23,24)25/h1-12H,(H,27,28). The van der Waals surface area contributed by atoms with Crippen molar-refractivity contribution in [3.63, 3.8) is 0 Å². The van der Waals surface area contributed by atoms with Gasteiger partial charge in [-0.05, 0) is 48.5 Å². The lowest BCUT2D eigenvalue weighted by Crippen LogP contribution is -2.04. The van der Waals surface area contributed by atoms with E-state index < -0.39 is 11.7 Å². The van der Waals surface area contributed by atoms with E-state index >= 15 is 0 Å². The van der Waals surface area contributed by atoms with E-state index in [0.29, 0.717) is 22.5 Å². The second kappa shape index (κ2) is 6.92. The number of aromatic nitrogens is 3. The number of halogens is 4. The van der Waals surface area contributed by atoms with Crippen LogP contribution in [0.3, 0.4) is 0 Å². The van der Waals surface area contributed by atoms with Crippen molar-refractivity contribution in [3.8, 4) is 33.9 Å². The van der Waals surface area contributed by atoms with E-state index in [0.717, 1.165) is 17.7 Å². The van der Waals surface area contributed by atoms with Gasteiger partial charge in [-0.2, -0.15) is 13.2 Å². The molecule has 0 amide bonds. The maximum Gasteiger partial charge on any atom is 0.416 e. The molecule has 0 atom stereocenters. The normalized spacial score (nSPS) is 11.6. The van der Waals surface area contributed by atoms with Crippen LogP contribution in [0, 0.1) is 5.82 Å². The van der Waals surface area contributed by atoms with Crippen LogP contribution in [0.5, 0.6) is 0 Å². The third-order valence-electron chi connectivity index (χ3n) is 4.25. The molecule has 0 bridgehead atoms. The highest BCUT2D eigenvalue weighted by molar-refractivity contribution is 5.81. The van der Waals surface area contributed by atoms with Crippen molar-refractivity contribution in [1.82, 2.24) is 15.0 Å². The second-order valence-electron chi connectivity index (χ2n) is 6.13. The van der Waals surface area contributed by atoms with Crippen LogP contribution in [0.4, 0.5) is 17.6 Å². The van der Waals surface area contributed by atoms with Gasteiger partial charge in [0.2, 0.25) is 0 Å². The highest BCUT2D eigenvalue weighted by Gasteiger charge is 2.30. The number of hydrogen-bond acceptors (Lipinski definition) is 2. The number of aromatic amines is 1. The third-order valence-corrected chi connectivity index (χ3v) is 4.25. The molecule has 0 aliphatic carbocycles. The summed E-state index contributed by atoms with van der Waals surface area (Å²) < 4.78 is 52.5. The zero-order valence-corrected chi connectivity index (χ0v) is 14.3. The molecule has 0 spiro atoms. The molecule has 7 heteroatoms. The quantitative estimate of drug-likeness (QED) is 0.443. The Balaban J connectivity index is 1.88. The minimum absolute atomic E-state index is 0.289. The Kier molecular flexibility index (Phi) is 4.43. The average Bonchev–Trinajstić information content (AvgIpc) is 3.14. The minimum Gasteiger partial charge on any atom is -0.337 e. The van der Waals surface area contributed by atoms with Crippen molar-refractivity contribution >= 4 is 0 Å². The van der Waals surface area contributed by atoms with E-state index in [-0.39, 0.29) is 11.6 Å². The van der Waals surface area contributed by atoms with Gasteiger partial charge < -0.3 is 4.98 Å². The molecule has 2 aromatic heterocycles. The van der Waals surface area contributed by atoms with Crippen LogP contribution in [0.25, 0.3) is 33.9 Å². The summed E-state index contributed by atoms with van der Waals surface area (Å²) in [6.07, 6.45) is -1.24. The van der Waals surface area contributed by atoms with E-state index in [9.17, 15) is 17.6 Å². The van der Waals surface area contributed by atoms with Crippen molar-refractivity contribution in [2.75, 3.05) is 0 Å². The van der Waals surface area contributed by atoms with Crippen molar-refractivity contribution in [2.45, 2.75) is 6.18 Å². The predicted molar refractivity (Wildman–Crippen MR) is 97.7 cm³/mol. The monoisotopic (exact) mass is 383 g/mol. The van der Waals surface area contributed by atoms with E-state index in [1.807, 2.05) is 0 Å². The van der Waals surface area contributed by atoms with Gasteiger partial charge in [0.05, 0.1) is 17.0 Å². The first kappa shape index (κ1) is 17.9. The Hall–Kier alpha value is -3.48. The molecule has 3 nitrogen and oxygen atoms in total. The second-order valence-corrected chi connectivity index (χ2v) is 6.13. The first-order valence-corrected chi connectivity index (χ1v) is 8.36. The van der Waals surface area contributed by atoms with Crippen LogP contribution < -0.4 is 0 Å². The molecule has 0 aliphatic rings. The number of nitrogens with one attached hydrogen (secondary N) is 1. The van der Waals surface area contributed by atoms with Crippen molar-refractivity contribution in [2.24, 2.45) is 0 Å². The van der Waals surface area contributed by atoms with E-state index in [4.69, 9.17) is 0 Å². The molecule has 28 heavy (non-hydrogen) atoms. The maximum absolute atomic E-state index is 13.3. The lowest BCUT2D eigenvalue weighted by molar-refractivity contribution is -0.137. The van der Waals surface area contributed by atoms with Gasteiger partial charge in [-0.15, -0.1) is 0 Å². The molecule has 0 saturated heterocycles. The number of nitrogens with zero attached hydrogens (tertiary/aromatic N) is 2. The number of H-pyrrole nitrogens is 1. The van der Waals surface area contributed by atoms with E-state index in [1.54, 1.807) is 42.7 Å². The molecule has 4 rings (SSSR count). The predicted octanol–water partition coefficient (Wildman–Crippen LogP) is 5.96. The molecule has 0 fully saturated rings. The lowest BCUT2D eigenvalue weighted by atomic mass is 10.1. The summed E-state index contributed by atoms with van der Waals surface area (Å²) in [5.74, 6) is -0.0971. The van der Waals surface area contributed by atoms with Crippen LogP contribution in [-0.2, 0) is 6.18 Å². The topological polar surface area (TPSA) is 41.6 Å². The molecule has 140 valence electrons. The number of benzene rings is 2. The fourth-order valence-electron chi connectivity index (χ4n) is 2.90. The zero-order chi connectivity index (χ0) is 19.7. The van der Waals surface area contributed by atoms with Gasteiger partial charge in [0, 0.05) is 29.1 Å². The van der Waals surface area contributed by atoms with Gasteiger partial charge in [0.15, 0.2) is 0 Å². The Morgan fingerprint density at radius 2 is 1.50 bits per heavy atom. The molecule has 0 radical (unpaired) electrons. The fourth-order valence-corrected chi connectivity index (χ4v) is 2.90. The molecular weight excluding hydrogens is 370 g/mol. The third kappa shape index (κ3) is 3.51. The van der Waals surface area contributed by atoms with Gasteiger partial charge in [0.1, 0.15) is 11.6 Å². The SMILES string of the molecule is Fc1ccc(-c2nc(-c3cccc(C(F)(F)F)c3)[nH]c2-c2ccncc2)cc1. The van der Waals surface area contributed by atoms with Crippen LogP contribution in [0.2, 0.25) is 0 Å². The van der Waals surface area contributed by atoms with Gasteiger partial charge >= 0.3 is 6.18 Å². The summed E-state index contributed by atoms with van der Waals surface area (Å²) in [4.78, 5) is 11.6. The summed E-state index contributed by atoms with van der Waals surface area (Å²) in [5, 5.41) is 0. The van der Waals surface area contributed by atoms with Crippen LogP contribution >= 0.6 is 0 Å². The first-order chi connectivity index (χ1) is 13.4. The first-order valence-electron chi connectivity index (χ1n) is 8.36. The molecule has 2 aromatic carbocycles. The molecule has 0 aliphatic heterocycles. The van der Waals surface area contributed by atoms with Crippen LogP contribution in [-0.4, -0.2) is 15.0 Å². The summed E-state index contributed by atoms with van der Waals surface area (Å²) in [5.41, 5.74) is 2.08. The number of hydrogen-bond donors (Lipinski definition) is 1. The molecule has 2 heterocycles. The van der Waals surface area contributed by atoms with E-state index in [1.165, 1.54) is 18.2 Å². The summed E-state index contributed by atoms with van der Waals surface area (Å²) in [6, 6.07) is 14.2. The molecular formula is C21H13F4N3. The number of pyridine rings is 1. The van der Waals surface area contributed by atoms with Crippen molar-refractivity contribution in [3.05, 3.63) is 84.4 Å². The largest absolute Gasteiger partial charge is 0.416 e. The van der Waals surface area contributed by atoms with Crippen molar-refractivity contribution in [1.29, 1.82) is 0 Å². The Morgan fingerprint density at radius 3 is 2.18 bits per heavy atom. The molecule has 0 saturated carbocycles. The summed E-state index contributed by atoms with van der Waals surface area (Å²) in [6.45, 7) is 0. The molecule has 4 aromatic rings. The lowest BCUT2D eigenvalue weighted by Gasteiger charge is -2.07. The maximum atomic E-state index is 13.3. The highest BCUT2D eigenvalue weighted by atomic mass is 19.4. The molecule has 0 unspecified atom stereocenters. The van der Waals surface area contributed by atoms with E-state index in [2.05, 4.69) is 15.0 Å². The van der Waals surface area contributed by atoms with Crippen LogP contribution in [0.15, 0.2) is 73.1 Å². The van der Waals surface area contributed by atoms with Gasteiger partial charge in [-0.25, -0.2) is 9.37 Å². The average molecular weight is 383 g/mol. The Morgan fingerprint density at radius 1 is 0.786 bits per heavy atom. The number of imidazole rings is 1. The summed E-state index contributed by atoms with van der Waals surface area (Å²) in [7, 11) is 0. The van der Waals surface area contributed by atoms with Gasteiger partial charge in [-0.1, -0.05) is 12.1 Å². The zero-order valence-electron chi connectivity index (χ0n) is 14.3. The molecule has 1 N–H and O–H groups in total. The number of alkyl halides is 3.